The molecule has 7 heavy (non-hydrogen) atoms. The highest BCUT2D eigenvalue weighted by Crippen LogP contribution is 1.92. The summed E-state index contributed by atoms with van der Waals surface area (Å²) in [6, 6.07) is 0. The van der Waals surface area contributed by atoms with E-state index in [1.54, 1.807) is 7.05 Å². The second kappa shape index (κ2) is 1.38. The third-order valence-corrected chi connectivity index (χ3v) is 0.801. The van der Waals surface area contributed by atoms with Crippen LogP contribution in [0.4, 0.5) is 0 Å². The number of rotatable bonds is 0. The van der Waals surface area contributed by atoms with Crippen molar-refractivity contribution in [2.75, 3.05) is 13.8 Å². The Hall–Kier alpha value is -0.770. The highest BCUT2D eigenvalue weighted by molar-refractivity contribution is 5.77. The van der Waals surface area contributed by atoms with Crippen LogP contribution in [0.2, 0.25) is 0 Å². The third-order valence-electron chi connectivity index (χ3n) is 0.801. The van der Waals surface area contributed by atoms with E-state index in [0.29, 0.717) is 12.7 Å². The zero-order valence-corrected chi connectivity index (χ0v) is 4.09. The summed E-state index contributed by atoms with van der Waals surface area (Å²) < 4.78 is 0. The fraction of sp³-hybridized carbons (Fsp3) is 0.667. The number of hydrogen-bond acceptors (Lipinski definition) is 4. The molecule has 0 spiro atoms. The number of nitrogens with two attached hydrogens (primary N) is 1. The van der Waals surface area contributed by atoms with Crippen molar-refractivity contribution >= 4 is 5.96 Å². The van der Waals surface area contributed by atoms with E-state index in [-0.39, 0.29) is 0 Å². The van der Waals surface area contributed by atoms with Crippen LogP contribution < -0.4 is 5.73 Å². The molecule has 0 saturated carbocycles. The van der Waals surface area contributed by atoms with Crippen LogP contribution in [-0.2, 0) is 4.84 Å². The smallest absolute Gasteiger partial charge is 0.217 e. The summed E-state index contributed by atoms with van der Waals surface area (Å²) in [7, 11) is 1.71. The van der Waals surface area contributed by atoms with E-state index in [0.717, 1.165) is 0 Å². The number of hydroxylamine groups is 2. The number of aliphatic imine (C=N–C) groups is 1. The highest BCUT2D eigenvalue weighted by atomic mass is 16.7. The first-order valence-electron chi connectivity index (χ1n) is 1.97. The molecule has 1 aliphatic heterocycles. The molecule has 0 fully saturated rings. The van der Waals surface area contributed by atoms with Crippen LogP contribution in [0.1, 0.15) is 0 Å². The topological polar surface area (TPSA) is 50.8 Å². The minimum Gasteiger partial charge on any atom is -0.368 e. The highest BCUT2D eigenvalue weighted by Gasteiger charge is 2.06. The minimum absolute atomic E-state index is 0.363. The van der Waals surface area contributed by atoms with Crippen molar-refractivity contribution < 1.29 is 4.84 Å². The zero-order chi connectivity index (χ0) is 5.28. The van der Waals surface area contributed by atoms with Crippen LogP contribution in [0.15, 0.2) is 4.99 Å². The van der Waals surface area contributed by atoms with Crippen LogP contribution in [0, 0.1) is 0 Å². The summed E-state index contributed by atoms with van der Waals surface area (Å²) in [4.78, 5) is 8.48. The Morgan fingerprint density at radius 1 is 2.00 bits per heavy atom. The molecule has 0 aromatic heterocycles. The molecule has 1 aliphatic rings. The van der Waals surface area contributed by atoms with Gasteiger partial charge in [-0.15, -0.1) is 0 Å². The molecular weight excluding hydrogens is 94.1 g/mol. The van der Waals surface area contributed by atoms with E-state index >= 15 is 0 Å². The average molecular weight is 101 g/mol. The fourth-order valence-corrected chi connectivity index (χ4v) is 0.347. The van der Waals surface area contributed by atoms with Crippen LogP contribution in [-0.4, -0.2) is 24.8 Å². The number of nitrogens with zero attached hydrogens (tertiary/aromatic N) is 2. The zero-order valence-electron chi connectivity index (χ0n) is 4.09. The SMILES string of the molecule is CN1OCN=C1N. The summed E-state index contributed by atoms with van der Waals surface area (Å²) in [5.74, 6) is 0.444. The average Bonchev–Trinajstić information content (AvgIpc) is 1.91. The van der Waals surface area contributed by atoms with Crippen molar-refractivity contribution in [3.63, 3.8) is 0 Å². The molecule has 0 aromatic rings. The van der Waals surface area contributed by atoms with Gasteiger partial charge in [0.05, 0.1) is 0 Å². The molecule has 4 nitrogen and oxygen atoms in total. The summed E-state index contributed by atoms with van der Waals surface area (Å²) >= 11 is 0. The fourth-order valence-electron chi connectivity index (χ4n) is 0.347. The minimum atomic E-state index is 0.363. The molecule has 2 N–H and O–H groups in total. The quantitative estimate of drug-likeness (QED) is 0.431. The Labute approximate surface area is 41.5 Å². The maximum atomic E-state index is 5.23. The van der Waals surface area contributed by atoms with Gasteiger partial charge in [-0.25, -0.2) is 14.9 Å². The van der Waals surface area contributed by atoms with Gasteiger partial charge in [0.15, 0.2) is 6.73 Å². The second-order valence-corrected chi connectivity index (χ2v) is 1.27. The molecule has 0 saturated heterocycles. The summed E-state index contributed by atoms with van der Waals surface area (Å²) in [6.45, 7) is 0.363. The predicted molar refractivity (Wildman–Crippen MR) is 25.3 cm³/mol. The Morgan fingerprint density at radius 3 is 2.86 bits per heavy atom. The standard InChI is InChI=1S/C3H7N3O/c1-6-3(4)5-2-7-6/h2H2,1H3,(H2,4,5). The summed E-state index contributed by atoms with van der Waals surface area (Å²) in [6.07, 6.45) is 0. The van der Waals surface area contributed by atoms with Crippen molar-refractivity contribution in [2.45, 2.75) is 0 Å². The largest absolute Gasteiger partial charge is 0.368 e. The lowest BCUT2D eigenvalue weighted by molar-refractivity contribution is -0.0552. The van der Waals surface area contributed by atoms with Gasteiger partial charge in [-0.05, 0) is 0 Å². The van der Waals surface area contributed by atoms with E-state index in [4.69, 9.17) is 10.6 Å². The van der Waals surface area contributed by atoms with E-state index in [2.05, 4.69) is 4.99 Å². The molecular formula is C3H7N3O. The first-order chi connectivity index (χ1) is 3.30. The van der Waals surface area contributed by atoms with Gasteiger partial charge in [0, 0.05) is 7.05 Å². The van der Waals surface area contributed by atoms with Crippen molar-refractivity contribution in [1.82, 2.24) is 5.06 Å². The molecule has 4 heteroatoms. The number of hydrogen-bond donors (Lipinski definition) is 1. The molecule has 0 bridgehead atoms. The van der Waals surface area contributed by atoms with Crippen molar-refractivity contribution in [3.8, 4) is 0 Å². The van der Waals surface area contributed by atoms with Gasteiger partial charge in [0.2, 0.25) is 5.96 Å². The lowest BCUT2D eigenvalue weighted by Gasteiger charge is -2.05. The molecule has 1 heterocycles. The van der Waals surface area contributed by atoms with Crippen LogP contribution in [0.3, 0.4) is 0 Å². The molecule has 40 valence electrons. The Kier molecular flexibility index (Phi) is 0.867. The number of guanidine groups is 1. The lowest BCUT2D eigenvalue weighted by Crippen LogP contribution is -2.28. The Balaban J connectivity index is 2.54. The first kappa shape index (κ1) is 4.39. The predicted octanol–water partition coefficient (Wildman–Crippen LogP) is -0.864. The van der Waals surface area contributed by atoms with Gasteiger partial charge in [-0.1, -0.05) is 0 Å². The van der Waals surface area contributed by atoms with Crippen molar-refractivity contribution in [3.05, 3.63) is 0 Å². The van der Waals surface area contributed by atoms with Crippen LogP contribution >= 0.6 is 0 Å². The van der Waals surface area contributed by atoms with Gasteiger partial charge in [0.1, 0.15) is 0 Å². The van der Waals surface area contributed by atoms with Gasteiger partial charge >= 0.3 is 0 Å². The van der Waals surface area contributed by atoms with Gasteiger partial charge in [0.25, 0.3) is 0 Å². The molecule has 0 amide bonds. The molecule has 0 atom stereocenters. The van der Waals surface area contributed by atoms with Crippen molar-refractivity contribution in [1.29, 1.82) is 0 Å². The molecule has 0 radical (unpaired) electrons. The lowest BCUT2D eigenvalue weighted by atomic mass is 11.0. The summed E-state index contributed by atoms with van der Waals surface area (Å²) in [5.41, 5.74) is 5.23. The monoisotopic (exact) mass is 101 g/mol. The third kappa shape index (κ3) is 0.640. The van der Waals surface area contributed by atoms with E-state index in [9.17, 15) is 0 Å². The molecule has 0 unspecified atom stereocenters. The second-order valence-electron chi connectivity index (χ2n) is 1.27. The maximum Gasteiger partial charge on any atom is 0.217 e. The van der Waals surface area contributed by atoms with E-state index in [1.165, 1.54) is 5.06 Å². The van der Waals surface area contributed by atoms with Gasteiger partial charge in [-0.3, -0.25) is 0 Å². The van der Waals surface area contributed by atoms with Gasteiger partial charge in [-0.2, -0.15) is 0 Å². The Bertz CT molecular complexity index is 100. The van der Waals surface area contributed by atoms with E-state index < -0.39 is 0 Å². The van der Waals surface area contributed by atoms with Gasteiger partial charge < -0.3 is 5.73 Å². The molecule has 1 rings (SSSR count). The first-order valence-corrected chi connectivity index (χ1v) is 1.97. The normalized spacial score (nSPS) is 20.1. The Morgan fingerprint density at radius 2 is 2.71 bits per heavy atom. The van der Waals surface area contributed by atoms with Crippen molar-refractivity contribution in [2.24, 2.45) is 10.7 Å². The van der Waals surface area contributed by atoms with E-state index in [1.807, 2.05) is 0 Å². The van der Waals surface area contributed by atoms with Crippen LogP contribution in [0.5, 0.6) is 0 Å². The molecule has 0 aromatic carbocycles. The van der Waals surface area contributed by atoms with Crippen LogP contribution in [0.25, 0.3) is 0 Å². The summed E-state index contributed by atoms with van der Waals surface area (Å²) in [5, 5.41) is 1.43. The molecule has 0 aliphatic carbocycles. The maximum absolute atomic E-state index is 5.23.